The molecule has 1 fully saturated rings. The molecule has 0 amide bonds. The smallest absolute Gasteiger partial charge is 0.312 e. The van der Waals surface area contributed by atoms with Crippen LogP contribution < -0.4 is 4.74 Å². The lowest BCUT2D eigenvalue weighted by Crippen LogP contribution is -2.48. The van der Waals surface area contributed by atoms with Crippen molar-refractivity contribution in [1.29, 1.82) is 0 Å². The van der Waals surface area contributed by atoms with Crippen molar-refractivity contribution >= 4 is 31.6 Å². The molecule has 0 radical (unpaired) electrons. The predicted octanol–water partition coefficient (Wildman–Crippen LogP) is 3.01. The van der Waals surface area contributed by atoms with Crippen LogP contribution in [-0.2, 0) is 16.6 Å². The summed E-state index contributed by atoms with van der Waals surface area (Å²) in [5.74, 6) is -0.331. The van der Waals surface area contributed by atoms with Gasteiger partial charge in [-0.2, -0.15) is 4.31 Å². The summed E-state index contributed by atoms with van der Waals surface area (Å²) in [5, 5.41) is 11.2. The molecule has 0 aliphatic carbocycles. The summed E-state index contributed by atoms with van der Waals surface area (Å²) in [6, 6.07) is 8.40. The number of benzene rings is 2. The van der Waals surface area contributed by atoms with Crippen molar-refractivity contribution in [2.24, 2.45) is 0 Å². The van der Waals surface area contributed by atoms with Gasteiger partial charge in [-0.15, -0.1) is 0 Å². The molecule has 0 saturated carbocycles. The van der Waals surface area contributed by atoms with E-state index in [2.05, 4.69) is 20.8 Å². The zero-order chi connectivity index (χ0) is 21.2. The van der Waals surface area contributed by atoms with E-state index in [4.69, 9.17) is 4.74 Å². The summed E-state index contributed by atoms with van der Waals surface area (Å²) in [7, 11) is -2.57. The minimum Gasteiger partial charge on any atom is -0.490 e. The van der Waals surface area contributed by atoms with Crippen molar-refractivity contribution in [3.8, 4) is 5.75 Å². The minimum absolute atomic E-state index is 0.00391. The van der Waals surface area contributed by atoms with Crippen molar-refractivity contribution in [2.45, 2.75) is 11.4 Å². The fourth-order valence-electron chi connectivity index (χ4n) is 3.15. The van der Waals surface area contributed by atoms with E-state index in [0.29, 0.717) is 24.1 Å². The van der Waals surface area contributed by atoms with E-state index in [1.165, 1.54) is 29.6 Å². The van der Waals surface area contributed by atoms with Crippen LogP contribution in [0.3, 0.4) is 0 Å². The molecule has 0 unspecified atom stereocenters. The highest BCUT2D eigenvalue weighted by Crippen LogP contribution is 2.31. The number of rotatable bonds is 6. The highest BCUT2D eigenvalue weighted by atomic mass is 79.9. The molecule has 0 aromatic heterocycles. The van der Waals surface area contributed by atoms with Gasteiger partial charge < -0.3 is 4.74 Å². The van der Waals surface area contributed by atoms with Crippen molar-refractivity contribution in [2.75, 3.05) is 33.3 Å². The maximum atomic E-state index is 13.4. The summed E-state index contributed by atoms with van der Waals surface area (Å²) in [5.41, 5.74) is 0.523. The third-order valence-electron chi connectivity index (χ3n) is 4.71. The molecular weight excluding hydrogens is 469 g/mol. The van der Waals surface area contributed by atoms with E-state index in [9.17, 15) is 22.9 Å². The standard InChI is InChI=1S/C18H19BrFN3O5S/c1-28-18-5-3-14(11-17(18)23(24)25)29(26,27)22-8-6-21(7-9-22)12-13-2-4-16(20)15(19)10-13/h2-5,10-11H,6-9,12H2,1H3. The van der Waals surface area contributed by atoms with Crippen LogP contribution in [0.4, 0.5) is 10.1 Å². The van der Waals surface area contributed by atoms with Crippen molar-refractivity contribution in [3.63, 3.8) is 0 Å². The number of ether oxygens (including phenoxy) is 1. The van der Waals surface area contributed by atoms with E-state index in [1.807, 2.05) is 0 Å². The molecule has 29 heavy (non-hydrogen) atoms. The maximum absolute atomic E-state index is 13.4. The second-order valence-corrected chi connectivity index (χ2v) is 9.31. The lowest BCUT2D eigenvalue weighted by molar-refractivity contribution is -0.386. The number of piperazine rings is 1. The van der Waals surface area contributed by atoms with Gasteiger partial charge in [0.2, 0.25) is 10.0 Å². The third kappa shape index (κ3) is 4.74. The topological polar surface area (TPSA) is 93.0 Å². The van der Waals surface area contributed by atoms with E-state index in [-0.39, 0.29) is 29.6 Å². The molecule has 2 aromatic carbocycles. The van der Waals surface area contributed by atoms with Gasteiger partial charge in [0, 0.05) is 38.8 Å². The van der Waals surface area contributed by atoms with Crippen LogP contribution in [0.2, 0.25) is 0 Å². The average molecular weight is 488 g/mol. The molecule has 1 saturated heterocycles. The van der Waals surface area contributed by atoms with Gasteiger partial charge in [-0.1, -0.05) is 6.07 Å². The quantitative estimate of drug-likeness (QED) is 0.459. The van der Waals surface area contributed by atoms with Crippen LogP contribution in [-0.4, -0.2) is 55.8 Å². The lowest BCUT2D eigenvalue weighted by Gasteiger charge is -2.34. The monoisotopic (exact) mass is 487 g/mol. The SMILES string of the molecule is COc1ccc(S(=O)(=O)N2CCN(Cc3ccc(F)c(Br)c3)CC2)cc1[N+](=O)[O-]. The predicted molar refractivity (Wildman–Crippen MR) is 108 cm³/mol. The second-order valence-electron chi connectivity index (χ2n) is 6.52. The van der Waals surface area contributed by atoms with Crippen molar-refractivity contribution in [1.82, 2.24) is 9.21 Å². The first-order valence-electron chi connectivity index (χ1n) is 8.71. The first-order chi connectivity index (χ1) is 13.7. The van der Waals surface area contributed by atoms with Gasteiger partial charge in [-0.25, -0.2) is 12.8 Å². The van der Waals surface area contributed by atoms with E-state index < -0.39 is 20.6 Å². The molecule has 11 heteroatoms. The summed E-state index contributed by atoms with van der Waals surface area (Å²) >= 11 is 3.16. The molecule has 8 nitrogen and oxygen atoms in total. The summed E-state index contributed by atoms with van der Waals surface area (Å²) in [4.78, 5) is 12.4. The number of sulfonamides is 1. The fourth-order valence-corrected chi connectivity index (χ4v) is 5.02. The van der Waals surface area contributed by atoms with Crippen LogP contribution in [0.5, 0.6) is 5.75 Å². The Bertz CT molecular complexity index is 1030. The molecule has 1 heterocycles. The zero-order valence-electron chi connectivity index (χ0n) is 15.5. The number of halogens is 2. The summed E-state index contributed by atoms with van der Waals surface area (Å²) in [6.07, 6.45) is 0. The van der Waals surface area contributed by atoms with Gasteiger partial charge in [-0.05, 0) is 45.8 Å². The lowest BCUT2D eigenvalue weighted by atomic mass is 10.2. The van der Waals surface area contributed by atoms with Gasteiger partial charge in [0.25, 0.3) is 0 Å². The number of nitro groups is 1. The molecule has 1 aliphatic rings. The van der Waals surface area contributed by atoms with E-state index >= 15 is 0 Å². The number of nitrogens with zero attached hydrogens (tertiary/aromatic N) is 3. The number of hydrogen-bond donors (Lipinski definition) is 0. The molecule has 0 atom stereocenters. The molecular formula is C18H19BrFN3O5S. The van der Waals surface area contributed by atoms with E-state index in [1.54, 1.807) is 12.1 Å². The Hall–Kier alpha value is -2.08. The number of methoxy groups -OCH3 is 1. The minimum atomic E-state index is -3.86. The molecule has 0 N–H and O–H groups in total. The average Bonchev–Trinajstić information content (AvgIpc) is 2.70. The Kier molecular flexibility index (Phi) is 6.52. The molecule has 2 aromatic rings. The molecule has 156 valence electrons. The zero-order valence-corrected chi connectivity index (χ0v) is 17.9. The van der Waals surface area contributed by atoms with Crippen molar-refractivity contribution in [3.05, 3.63) is 62.4 Å². The normalized spacial score (nSPS) is 16.0. The molecule has 0 spiro atoms. The van der Waals surface area contributed by atoms with Crippen LogP contribution in [0.15, 0.2) is 45.8 Å². The number of nitro benzene ring substituents is 1. The Morgan fingerprint density at radius 3 is 2.45 bits per heavy atom. The summed E-state index contributed by atoms with van der Waals surface area (Å²) < 4.78 is 45.8. The maximum Gasteiger partial charge on any atom is 0.312 e. The summed E-state index contributed by atoms with van der Waals surface area (Å²) in [6.45, 7) is 2.06. The highest BCUT2D eigenvalue weighted by Gasteiger charge is 2.30. The molecule has 0 bridgehead atoms. The largest absolute Gasteiger partial charge is 0.490 e. The first kappa shape index (κ1) is 21.6. The second kappa shape index (κ2) is 8.74. The van der Waals surface area contributed by atoms with Crippen LogP contribution >= 0.6 is 15.9 Å². The fraction of sp³-hybridized carbons (Fsp3) is 0.333. The van der Waals surface area contributed by atoms with Crippen LogP contribution in [0, 0.1) is 15.9 Å². The highest BCUT2D eigenvalue weighted by molar-refractivity contribution is 9.10. The van der Waals surface area contributed by atoms with Crippen LogP contribution in [0.1, 0.15) is 5.56 Å². The molecule has 1 aliphatic heterocycles. The first-order valence-corrected chi connectivity index (χ1v) is 10.9. The Balaban J connectivity index is 1.70. The van der Waals surface area contributed by atoms with Gasteiger partial charge in [-0.3, -0.25) is 15.0 Å². The Morgan fingerprint density at radius 1 is 1.17 bits per heavy atom. The van der Waals surface area contributed by atoms with Gasteiger partial charge in [0.1, 0.15) is 5.82 Å². The molecule has 3 rings (SSSR count). The number of hydrogen-bond acceptors (Lipinski definition) is 6. The van der Waals surface area contributed by atoms with Crippen LogP contribution in [0.25, 0.3) is 0 Å². The van der Waals surface area contributed by atoms with Gasteiger partial charge in [0.05, 0.1) is 21.4 Å². The van der Waals surface area contributed by atoms with E-state index in [0.717, 1.165) is 11.6 Å². The van der Waals surface area contributed by atoms with Crippen molar-refractivity contribution < 1.29 is 22.5 Å². The Morgan fingerprint density at radius 2 is 1.86 bits per heavy atom. The van der Waals surface area contributed by atoms with Gasteiger partial charge >= 0.3 is 5.69 Å². The Labute approximate surface area is 176 Å². The van der Waals surface area contributed by atoms with Gasteiger partial charge in [0.15, 0.2) is 5.75 Å². The third-order valence-corrected chi connectivity index (χ3v) is 7.21.